The third-order valence-electron chi connectivity index (χ3n) is 9.36. The van der Waals surface area contributed by atoms with E-state index in [-0.39, 0.29) is 18.4 Å². The van der Waals surface area contributed by atoms with Gasteiger partial charge in [0.15, 0.2) is 28.6 Å². The van der Waals surface area contributed by atoms with Crippen molar-refractivity contribution < 1.29 is 28.2 Å². The molecule has 0 spiro atoms. The molecule has 1 aromatic heterocycles. The van der Waals surface area contributed by atoms with E-state index in [1.807, 2.05) is 48.5 Å². The number of ether oxygens (including phenoxy) is 4. The lowest BCUT2D eigenvalue weighted by Gasteiger charge is -2.32. The Morgan fingerprint density at radius 1 is 0.849 bits per heavy atom. The van der Waals surface area contributed by atoms with Crippen LogP contribution in [-0.4, -0.2) is 64.0 Å². The van der Waals surface area contributed by atoms with E-state index in [0.29, 0.717) is 28.3 Å². The molecular weight excluding hydrogens is 672 g/mol. The first-order valence-electron chi connectivity index (χ1n) is 17.6. The van der Waals surface area contributed by atoms with E-state index in [2.05, 4.69) is 43.2 Å². The molecule has 11 heteroatoms. The molecule has 0 radical (unpaired) electrons. The summed E-state index contributed by atoms with van der Waals surface area (Å²) in [6.45, 7) is 5.98. The minimum atomic E-state index is -0.580. The van der Waals surface area contributed by atoms with Gasteiger partial charge in [-0.05, 0) is 98.4 Å². The molecule has 280 valence electrons. The van der Waals surface area contributed by atoms with Gasteiger partial charge in [0.2, 0.25) is 5.91 Å². The lowest BCUT2D eigenvalue weighted by molar-refractivity contribution is -0.116. The van der Waals surface area contributed by atoms with Gasteiger partial charge in [0.25, 0.3) is 0 Å². The Morgan fingerprint density at radius 2 is 1.47 bits per heavy atom. The highest BCUT2D eigenvalue weighted by Gasteiger charge is 2.36. The van der Waals surface area contributed by atoms with Crippen molar-refractivity contribution in [2.24, 2.45) is 5.92 Å². The van der Waals surface area contributed by atoms with E-state index in [4.69, 9.17) is 23.4 Å². The van der Waals surface area contributed by atoms with E-state index in [9.17, 15) is 14.9 Å². The molecule has 5 rings (SSSR count). The van der Waals surface area contributed by atoms with Crippen molar-refractivity contribution in [3.63, 3.8) is 0 Å². The molecule has 0 saturated carbocycles. The van der Waals surface area contributed by atoms with Gasteiger partial charge >= 0.3 is 5.76 Å². The van der Waals surface area contributed by atoms with Crippen LogP contribution in [0.4, 0.5) is 5.69 Å². The molecule has 4 aromatic carbocycles. The second kappa shape index (κ2) is 19.2. The highest BCUT2D eigenvalue weighted by atomic mass is 16.5. The SMILES string of the molecule is COc1ccc(CCN(C)CCCC(C#N)(c2ccc(OC)c(OC)c2)C(C)C)cc1OC.O=C(Cn1c(=O)oc2ccccc21)Nc1ccccc1. The van der Waals surface area contributed by atoms with E-state index in [0.717, 1.165) is 49.4 Å². The summed E-state index contributed by atoms with van der Waals surface area (Å²) in [7, 11) is 8.67. The van der Waals surface area contributed by atoms with Gasteiger partial charge < -0.3 is 33.6 Å². The van der Waals surface area contributed by atoms with Gasteiger partial charge in [-0.25, -0.2) is 4.79 Å². The Morgan fingerprint density at radius 3 is 2.11 bits per heavy atom. The standard InChI is InChI=1S/C27H38N2O4.C15H12N2O3/c1-20(2)27(19-28,22-10-12-24(31-5)26(18-22)33-7)14-8-15-29(3)16-13-21-9-11-23(30-4)25(17-21)32-6;18-14(16-11-6-2-1-3-7-11)10-17-12-8-4-5-9-13(12)20-15(17)19/h9-12,17-18,20H,8,13-16H2,1-7H3;1-9H,10H2,(H,16,18). The predicted octanol–water partition coefficient (Wildman–Crippen LogP) is 7.33. The van der Waals surface area contributed by atoms with Crippen molar-refractivity contribution in [1.82, 2.24) is 9.47 Å². The number of para-hydroxylation sites is 3. The van der Waals surface area contributed by atoms with E-state index in [1.165, 1.54) is 10.1 Å². The first-order valence-corrected chi connectivity index (χ1v) is 17.6. The van der Waals surface area contributed by atoms with E-state index < -0.39 is 11.2 Å². The summed E-state index contributed by atoms with van der Waals surface area (Å²) in [5.41, 5.74) is 3.39. The van der Waals surface area contributed by atoms with Crippen LogP contribution in [0.25, 0.3) is 11.1 Å². The molecule has 1 heterocycles. The maximum atomic E-state index is 12.0. The molecule has 0 fully saturated rings. The van der Waals surface area contributed by atoms with Crippen LogP contribution in [0.2, 0.25) is 0 Å². The molecule has 0 aliphatic rings. The average Bonchev–Trinajstić information content (AvgIpc) is 3.49. The van der Waals surface area contributed by atoms with Gasteiger partial charge in [-0.1, -0.05) is 56.3 Å². The zero-order valence-electron chi connectivity index (χ0n) is 31.7. The van der Waals surface area contributed by atoms with E-state index >= 15 is 0 Å². The molecule has 0 bridgehead atoms. The second-order valence-corrected chi connectivity index (χ2v) is 13.0. The fourth-order valence-corrected chi connectivity index (χ4v) is 6.25. The Kier molecular flexibility index (Phi) is 14.5. The van der Waals surface area contributed by atoms with Crippen LogP contribution in [-0.2, 0) is 23.2 Å². The number of nitriles is 1. The zero-order valence-corrected chi connectivity index (χ0v) is 31.7. The number of nitrogens with one attached hydrogen (secondary N) is 1. The largest absolute Gasteiger partial charge is 0.493 e. The number of anilines is 1. The number of carbonyl (C=O) groups excluding carboxylic acids is 1. The molecular formula is C42H50N4O7. The third-order valence-corrected chi connectivity index (χ3v) is 9.36. The van der Waals surface area contributed by atoms with Crippen LogP contribution < -0.4 is 30.0 Å². The molecule has 1 N–H and O–H groups in total. The van der Waals surface area contributed by atoms with Gasteiger partial charge in [-0.15, -0.1) is 0 Å². The molecule has 1 amide bonds. The van der Waals surface area contributed by atoms with Gasteiger partial charge in [0.1, 0.15) is 6.54 Å². The average molecular weight is 723 g/mol. The fourth-order valence-electron chi connectivity index (χ4n) is 6.25. The number of fused-ring (bicyclic) bond motifs is 1. The number of carbonyl (C=O) groups is 1. The third kappa shape index (κ3) is 10.2. The van der Waals surface area contributed by atoms with Crippen molar-refractivity contribution >= 4 is 22.7 Å². The summed E-state index contributed by atoms with van der Waals surface area (Å²) in [6, 6.07) is 30.6. The maximum Gasteiger partial charge on any atom is 0.420 e. The first-order chi connectivity index (χ1) is 25.6. The fraction of sp³-hybridized carbons (Fsp3) is 0.357. The van der Waals surface area contributed by atoms with Gasteiger partial charge in [-0.2, -0.15) is 5.26 Å². The molecule has 0 aliphatic carbocycles. The van der Waals surface area contributed by atoms with Crippen molar-refractivity contribution in [1.29, 1.82) is 5.26 Å². The number of oxazole rings is 1. The topological polar surface area (TPSA) is 128 Å². The summed E-state index contributed by atoms with van der Waals surface area (Å²) in [5.74, 6) is 2.18. The minimum Gasteiger partial charge on any atom is -0.493 e. The first kappa shape index (κ1) is 40.0. The number of aromatic nitrogens is 1. The second-order valence-electron chi connectivity index (χ2n) is 13.0. The summed E-state index contributed by atoms with van der Waals surface area (Å²) >= 11 is 0. The summed E-state index contributed by atoms with van der Waals surface area (Å²) < 4.78 is 28.0. The Balaban J connectivity index is 0.000000265. The molecule has 1 atom stereocenters. The monoisotopic (exact) mass is 722 g/mol. The van der Waals surface area contributed by atoms with Gasteiger partial charge in [0.05, 0.1) is 45.4 Å². The molecule has 11 nitrogen and oxygen atoms in total. The molecule has 0 saturated heterocycles. The van der Waals surface area contributed by atoms with E-state index in [1.54, 1.807) is 64.8 Å². The number of nitrogens with zero attached hydrogens (tertiary/aromatic N) is 3. The molecule has 5 aromatic rings. The van der Waals surface area contributed by atoms with Crippen LogP contribution in [0, 0.1) is 17.2 Å². The Bertz CT molecular complexity index is 2030. The number of hydrogen-bond donors (Lipinski definition) is 1. The van der Waals surface area contributed by atoms with Crippen LogP contribution >= 0.6 is 0 Å². The van der Waals surface area contributed by atoms with Crippen LogP contribution in [0.15, 0.2) is 100 Å². The quantitative estimate of drug-likeness (QED) is 0.111. The summed E-state index contributed by atoms with van der Waals surface area (Å²) in [6.07, 6.45) is 2.61. The molecule has 0 aliphatic heterocycles. The van der Waals surface area contributed by atoms with Gasteiger partial charge in [-0.3, -0.25) is 9.36 Å². The summed E-state index contributed by atoms with van der Waals surface area (Å²) in [5, 5.41) is 13.0. The van der Waals surface area contributed by atoms with Crippen molar-refractivity contribution in [3.8, 4) is 29.1 Å². The zero-order chi connectivity index (χ0) is 38.4. The highest BCUT2D eigenvalue weighted by Crippen LogP contribution is 2.40. The van der Waals surface area contributed by atoms with Crippen molar-refractivity contribution in [2.75, 3.05) is 53.9 Å². The van der Waals surface area contributed by atoms with Crippen LogP contribution in [0.5, 0.6) is 23.0 Å². The minimum absolute atomic E-state index is 0.0786. The Hall–Kier alpha value is -5.73. The van der Waals surface area contributed by atoms with Gasteiger partial charge in [0, 0.05) is 12.2 Å². The number of hydrogen-bond acceptors (Lipinski definition) is 9. The number of methoxy groups -OCH3 is 4. The Labute approximate surface area is 311 Å². The number of amides is 1. The van der Waals surface area contributed by atoms with Crippen molar-refractivity contribution in [2.45, 2.75) is 45.1 Å². The van der Waals surface area contributed by atoms with Crippen LogP contribution in [0.3, 0.4) is 0 Å². The lowest BCUT2D eigenvalue weighted by Crippen LogP contribution is -2.32. The highest BCUT2D eigenvalue weighted by molar-refractivity contribution is 5.91. The molecule has 1 unspecified atom stereocenters. The number of benzene rings is 4. The maximum absolute atomic E-state index is 12.0. The normalized spacial score (nSPS) is 12.0. The van der Waals surface area contributed by atoms with Crippen LogP contribution in [0.1, 0.15) is 37.8 Å². The summed E-state index contributed by atoms with van der Waals surface area (Å²) in [4.78, 5) is 26.0. The van der Waals surface area contributed by atoms with Crippen molar-refractivity contribution in [3.05, 3.63) is 113 Å². The number of rotatable bonds is 16. The number of likely N-dealkylation sites (N-methyl/N-ethyl adjacent to an activating group) is 1. The predicted molar refractivity (Wildman–Crippen MR) is 207 cm³/mol. The lowest BCUT2D eigenvalue weighted by atomic mass is 9.69. The molecule has 53 heavy (non-hydrogen) atoms. The smallest absolute Gasteiger partial charge is 0.420 e.